The van der Waals surface area contributed by atoms with Crippen LogP contribution in [0.3, 0.4) is 0 Å². The first-order valence-corrected chi connectivity index (χ1v) is 4.78. The smallest absolute Gasteiger partial charge is 0.154 e. The van der Waals surface area contributed by atoms with Gasteiger partial charge in [0.2, 0.25) is 0 Å². The number of aromatic nitrogens is 3. The summed E-state index contributed by atoms with van der Waals surface area (Å²) < 4.78 is 39.3. The van der Waals surface area contributed by atoms with E-state index in [1.165, 1.54) is 0 Å². The molecule has 13 heavy (non-hydrogen) atoms. The summed E-state index contributed by atoms with van der Waals surface area (Å²) in [5, 5.41) is 3.75. The van der Waals surface area contributed by atoms with Gasteiger partial charge in [0.15, 0.2) is 5.82 Å². The summed E-state index contributed by atoms with van der Waals surface area (Å²) in [6.45, 7) is 0. The highest BCUT2D eigenvalue weighted by molar-refractivity contribution is 9.10. The third kappa shape index (κ3) is 1.97. The molecular weight excluding hydrogens is 298 g/mol. The van der Waals surface area contributed by atoms with E-state index in [9.17, 15) is 0 Å². The topological polar surface area (TPSA) is 30.7 Å². The molecule has 3 nitrogen and oxygen atoms in total. The van der Waals surface area contributed by atoms with Crippen LogP contribution in [0.1, 0.15) is 6.85 Å². The van der Waals surface area contributed by atoms with Gasteiger partial charge >= 0.3 is 0 Å². The Balaban J connectivity index is 2.76. The maximum Gasteiger partial charge on any atom is 0.154 e. The predicted octanol–water partition coefficient (Wildman–Crippen LogP) is 2.79. The number of halogens is 2. The van der Waals surface area contributed by atoms with Gasteiger partial charge in [-0.15, -0.1) is 0 Å². The first-order valence-electron chi connectivity index (χ1n) is 5.70. The molecule has 66 valence electrons. The van der Waals surface area contributed by atoms with Crippen molar-refractivity contribution < 1.29 is 6.85 Å². The van der Waals surface area contributed by atoms with Crippen LogP contribution in [-0.2, 0) is 0 Å². The lowest BCUT2D eigenvalue weighted by Gasteiger charge is -1.98. The molecular formula is C8H5Br2N3. The molecule has 5 heteroatoms. The largest absolute Gasteiger partial charge is 0.237 e. The van der Waals surface area contributed by atoms with E-state index >= 15 is 0 Å². The molecule has 2 aromatic rings. The number of pyridine rings is 1. The minimum atomic E-state index is -0.328. The maximum absolute atomic E-state index is 7.81. The Kier molecular flexibility index (Phi) is 1.30. The molecule has 0 bridgehead atoms. The Morgan fingerprint density at radius 2 is 2.23 bits per heavy atom. The predicted molar refractivity (Wildman–Crippen MR) is 56.8 cm³/mol. The van der Waals surface area contributed by atoms with Gasteiger partial charge in [0.05, 0.1) is 17.5 Å². The van der Waals surface area contributed by atoms with Crippen molar-refractivity contribution in [3.63, 3.8) is 0 Å². The molecule has 0 spiro atoms. The summed E-state index contributed by atoms with van der Waals surface area (Å²) in [4.78, 5) is 3.76. The van der Waals surface area contributed by atoms with Crippen molar-refractivity contribution in [3.05, 3.63) is 39.5 Å². The summed E-state index contributed by atoms with van der Waals surface area (Å²) in [7, 11) is 0. The summed E-state index contributed by atoms with van der Waals surface area (Å²) in [6, 6.07) is -0.355. The van der Waals surface area contributed by atoms with E-state index in [-0.39, 0.29) is 45.4 Å². The van der Waals surface area contributed by atoms with Crippen molar-refractivity contribution in [2.75, 3.05) is 0 Å². The van der Waals surface area contributed by atoms with Gasteiger partial charge in [0, 0.05) is 16.8 Å². The lowest BCUT2D eigenvalue weighted by atomic mass is 10.5. The van der Waals surface area contributed by atoms with E-state index in [4.69, 9.17) is 6.85 Å². The number of hydrogen-bond acceptors (Lipinski definition) is 2. The van der Waals surface area contributed by atoms with Crippen molar-refractivity contribution in [1.29, 1.82) is 0 Å². The average molecular weight is 308 g/mol. The maximum atomic E-state index is 7.81. The molecule has 0 aliphatic heterocycles. The fraction of sp³-hybridized carbons (Fsp3) is 0. The van der Waals surface area contributed by atoms with Gasteiger partial charge in [-0.2, -0.15) is 5.10 Å². The fourth-order valence-corrected chi connectivity index (χ4v) is 1.24. The van der Waals surface area contributed by atoms with Crippen LogP contribution in [0, 0.1) is 0 Å². The zero-order valence-electron chi connectivity index (χ0n) is 11.1. The van der Waals surface area contributed by atoms with Gasteiger partial charge in [0.25, 0.3) is 0 Å². The first-order chi connectivity index (χ1) is 8.34. The zero-order chi connectivity index (χ0) is 13.6. The molecule has 0 atom stereocenters. The van der Waals surface area contributed by atoms with Crippen molar-refractivity contribution in [2.24, 2.45) is 0 Å². The Morgan fingerprint density at radius 3 is 2.92 bits per heavy atom. The van der Waals surface area contributed by atoms with Crippen molar-refractivity contribution in [2.45, 2.75) is 0 Å². The summed E-state index contributed by atoms with van der Waals surface area (Å²) in [5.41, 5.74) is 0. The minimum absolute atomic E-state index is 0.0629. The molecule has 0 unspecified atom stereocenters. The van der Waals surface area contributed by atoms with Gasteiger partial charge in [-0.3, -0.25) is 0 Å². The van der Waals surface area contributed by atoms with Crippen LogP contribution in [0.25, 0.3) is 5.82 Å². The molecule has 0 saturated carbocycles. The molecule has 0 saturated heterocycles. The van der Waals surface area contributed by atoms with E-state index in [0.29, 0.717) is 0 Å². The molecule has 2 aromatic heterocycles. The van der Waals surface area contributed by atoms with Crippen LogP contribution < -0.4 is 0 Å². The van der Waals surface area contributed by atoms with Gasteiger partial charge in [-0.1, -0.05) is 15.9 Å². The lowest BCUT2D eigenvalue weighted by molar-refractivity contribution is 0.846. The monoisotopic (exact) mass is 306 g/mol. The third-order valence-corrected chi connectivity index (χ3v) is 1.95. The molecule has 0 radical (unpaired) electrons. The zero-order valence-corrected chi connectivity index (χ0v) is 9.27. The van der Waals surface area contributed by atoms with Gasteiger partial charge in [0.1, 0.15) is 0 Å². The van der Waals surface area contributed by atoms with Crippen molar-refractivity contribution in [1.82, 2.24) is 14.8 Å². The summed E-state index contributed by atoms with van der Waals surface area (Å²) >= 11 is 6.06. The lowest BCUT2D eigenvalue weighted by Crippen LogP contribution is -1.96. The normalized spacial score (nSPS) is 15.7. The van der Waals surface area contributed by atoms with E-state index in [1.807, 2.05) is 0 Å². The Hall–Kier alpha value is -0.680. The molecule has 0 fully saturated rings. The molecule has 0 aromatic carbocycles. The van der Waals surface area contributed by atoms with Gasteiger partial charge in [-0.25, -0.2) is 9.67 Å². The molecule has 0 amide bonds. The van der Waals surface area contributed by atoms with Crippen LogP contribution in [0.2, 0.25) is 0 Å². The van der Waals surface area contributed by atoms with Crippen LogP contribution in [-0.4, -0.2) is 14.8 Å². The second-order valence-corrected chi connectivity index (χ2v) is 3.65. The molecule has 0 N–H and O–H groups in total. The molecule has 0 aliphatic carbocycles. The highest BCUT2D eigenvalue weighted by Crippen LogP contribution is 2.14. The summed E-state index contributed by atoms with van der Waals surface area (Å²) in [5.74, 6) is -0.0629. The van der Waals surface area contributed by atoms with Crippen LogP contribution in [0.15, 0.2) is 39.5 Å². The SMILES string of the molecule is [2H]c1nc(-n2nc([2H])c(Br)c2[2H])c([2H])c(Br)c1[2H]. The van der Waals surface area contributed by atoms with Crippen molar-refractivity contribution in [3.8, 4) is 5.82 Å². The van der Waals surface area contributed by atoms with Crippen LogP contribution >= 0.6 is 31.9 Å². The van der Waals surface area contributed by atoms with Crippen LogP contribution in [0.4, 0.5) is 0 Å². The quantitative estimate of drug-likeness (QED) is 0.811. The number of nitrogens with zero attached hydrogens (tertiary/aromatic N) is 3. The third-order valence-electron chi connectivity index (χ3n) is 1.20. The van der Waals surface area contributed by atoms with Crippen LogP contribution in [0.5, 0.6) is 0 Å². The average Bonchev–Trinajstić information content (AvgIpc) is 2.59. The Labute approximate surface area is 99.1 Å². The molecule has 2 rings (SSSR count). The van der Waals surface area contributed by atoms with E-state index in [2.05, 4.69) is 41.9 Å². The second kappa shape index (κ2) is 3.59. The van der Waals surface area contributed by atoms with E-state index in [1.54, 1.807) is 0 Å². The first kappa shape index (κ1) is 4.70. The van der Waals surface area contributed by atoms with Gasteiger partial charge in [-0.05, 0) is 28.0 Å². The summed E-state index contributed by atoms with van der Waals surface area (Å²) in [6.07, 6.45) is -0.616. The van der Waals surface area contributed by atoms with Gasteiger partial charge < -0.3 is 0 Å². The van der Waals surface area contributed by atoms with E-state index in [0.717, 1.165) is 4.68 Å². The molecule has 0 aliphatic rings. The number of hydrogen-bond donors (Lipinski definition) is 0. The highest BCUT2D eigenvalue weighted by Gasteiger charge is 1.99. The molecule has 2 heterocycles. The fourth-order valence-electron chi connectivity index (χ4n) is 0.725. The second-order valence-electron chi connectivity index (χ2n) is 2.06. The van der Waals surface area contributed by atoms with Crippen molar-refractivity contribution >= 4 is 31.9 Å². The Morgan fingerprint density at radius 1 is 1.38 bits per heavy atom. The minimum Gasteiger partial charge on any atom is -0.237 e. The number of rotatable bonds is 1. The highest BCUT2D eigenvalue weighted by atomic mass is 79.9. The standard InChI is InChI=1S/C8H5Br2N3/c9-6-1-2-11-8(3-6)13-5-7(10)4-12-13/h1-5H/i1D,2D,3D,4D,5D. The van der Waals surface area contributed by atoms with E-state index < -0.39 is 0 Å². The Bertz CT molecular complexity index is 642.